The third kappa shape index (κ3) is 5.81. The van der Waals surface area contributed by atoms with Gasteiger partial charge in [-0.3, -0.25) is 4.79 Å². The highest BCUT2D eigenvalue weighted by Gasteiger charge is 2.11. The zero-order chi connectivity index (χ0) is 21.5. The normalized spacial score (nSPS) is 10.8. The van der Waals surface area contributed by atoms with Gasteiger partial charge in [0, 0.05) is 4.47 Å². The highest BCUT2D eigenvalue weighted by Crippen LogP contribution is 2.27. The van der Waals surface area contributed by atoms with E-state index in [0.29, 0.717) is 17.1 Å². The molecule has 0 bridgehead atoms. The zero-order valence-electron chi connectivity index (χ0n) is 16.3. The van der Waals surface area contributed by atoms with Crippen LogP contribution in [0.3, 0.4) is 0 Å². The maximum absolute atomic E-state index is 12.0. The van der Waals surface area contributed by atoms with Crippen LogP contribution in [0, 0.1) is 13.8 Å². The van der Waals surface area contributed by atoms with Gasteiger partial charge in [0.1, 0.15) is 11.5 Å². The molecule has 0 fully saturated rings. The van der Waals surface area contributed by atoms with Crippen molar-refractivity contribution in [2.24, 2.45) is 5.10 Å². The van der Waals surface area contributed by atoms with E-state index in [1.54, 1.807) is 30.3 Å². The van der Waals surface area contributed by atoms with Crippen molar-refractivity contribution in [1.29, 1.82) is 0 Å². The zero-order valence-corrected chi connectivity index (χ0v) is 17.9. The number of ether oxygens (including phenoxy) is 2. The van der Waals surface area contributed by atoms with Crippen molar-refractivity contribution >= 4 is 34.0 Å². The third-order valence-corrected chi connectivity index (χ3v) is 4.42. The predicted molar refractivity (Wildman–Crippen MR) is 115 cm³/mol. The van der Waals surface area contributed by atoms with Crippen LogP contribution in [-0.2, 0) is 4.79 Å². The fourth-order valence-corrected chi connectivity index (χ4v) is 3.37. The smallest absolute Gasteiger partial charge is 0.379 e. The molecule has 3 rings (SSSR count). The van der Waals surface area contributed by atoms with Crippen LogP contribution in [-0.4, -0.2) is 24.7 Å². The van der Waals surface area contributed by atoms with E-state index < -0.39 is 11.9 Å². The molecule has 1 aromatic heterocycles. The molecule has 8 heteroatoms. The summed E-state index contributed by atoms with van der Waals surface area (Å²) in [5.74, 6) is 0.114. The highest BCUT2D eigenvalue weighted by molar-refractivity contribution is 9.10. The number of furan rings is 1. The molecule has 0 spiro atoms. The molecule has 3 aromatic rings. The van der Waals surface area contributed by atoms with E-state index in [1.165, 1.54) is 18.5 Å². The Morgan fingerprint density at radius 2 is 1.90 bits per heavy atom. The van der Waals surface area contributed by atoms with Gasteiger partial charge in [-0.25, -0.2) is 10.2 Å². The Bertz CT molecular complexity index is 1050. The van der Waals surface area contributed by atoms with Crippen LogP contribution in [0.2, 0.25) is 0 Å². The van der Waals surface area contributed by atoms with Gasteiger partial charge in [-0.05, 0) is 66.9 Å². The molecule has 0 atom stereocenters. The minimum atomic E-state index is -0.599. The van der Waals surface area contributed by atoms with Crippen LogP contribution in [0.4, 0.5) is 0 Å². The number of carbonyl (C=O) groups excluding carboxylic acids is 2. The largest absolute Gasteiger partial charge is 0.483 e. The Balaban J connectivity index is 1.52. The molecule has 0 aliphatic heterocycles. The number of benzene rings is 2. The van der Waals surface area contributed by atoms with Gasteiger partial charge in [-0.15, -0.1) is 0 Å². The molecular weight excluding hydrogens is 452 g/mol. The number of amides is 1. The van der Waals surface area contributed by atoms with E-state index in [-0.39, 0.29) is 12.4 Å². The van der Waals surface area contributed by atoms with E-state index in [9.17, 15) is 9.59 Å². The summed E-state index contributed by atoms with van der Waals surface area (Å²) in [7, 11) is 0. The van der Waals surface area contributed by atoms with E-state index >= 15 is 0 Å². The molecular formula is C22H19BrN2O5. The molecule has 1 N–H and O–H groups in total. The van der Waals surface area contributed by atoms with Gasteiger partial charge >= 0.3 is 5.97 Å². The van der Waals surface area contributed by atoms with E-state index in [0.717, 1.165) is 15.6 Å². The van der Waals surface area contributed by atoms with Gasteiger partial charge < -0.3 is 13.9 Å². The lowest BCUT2D eigenvalue weighted by Crippen LogP contribution is -2.25. The summed E-state index contributed by atoms with van der Waals surface area (Å²) in [4.78, 5) is 23.9. The van der Waals surface area contributed by atoms with Crippen LogP contribution in [0.15, 0.2) is 68.8 Å². The second-order valence-corrected chi connectivity index (χ2v) is 7.31. The maximum atomic E-state index is 12.0. The van der Waals surface area contributed by atoms with Crippen molar-refractivity contribution in [2.45, 2.75) is 13.8 Å². The van der Waals surface area contributed by atoms with Gasteiger partial charge in [-0.1, -0.05) is 28.1 Å². The lowest BCUT2D eigenvalue weighted by Gasteiger charge is -2.11. The van der Waals surface area contributed by atoms with Crippen molar-refractivity contribution in [1.82, 2.24) is 5.43 Å². The lowest BCUT2D eigenvalue weighted by molar-refractivity contribution is -0.123. The number of hydrogen-bond acceptors (Lipinski definition) is 6. The predicted octanol–water partition coefficient (Wildman–Crippen LogP) is 4.41. The van der Waals surface area contributed by atoms with Crippen molar-refractivity contribution in [2.75, 3.05) is 6.61 Å². The van der Waals surface area contributed by atoms with Crippen molar-refractivity contribution in [3.05, 3.63) is 81.7 Å². The van der Waals surface area contributed by atoms with Crippen LogP contribution in [0.25, 0.3) is 0 Å². The number of nitrogens with zero attached hydrogens (tertiary/aromatic N) is 1. The molecule has 1 amide bonds. The van der Waals surface area contributed by atoms with Crippen LogP contribution in [0.5, 0.6) is 11.5 Å². The monoisotopic (exact) mass is 470 g/mol. The molecule has 0 aliphatic carbocycles. The summed E-state index contributed by atoms with van der Waals surface area (Å²) >= 11 is 3.43. The number of nitrogens with one attached hydrogen (secondary N) is 1. The first kappa shape index (κ1) is 21.3. The fourth-order valence-electron chi connectivity index (χ4n) is 2.68. The highest BCUT2D eigenvalue weighted by atomic mass is 79.9. The van der Waals surface area contributed by atoms with Crippen LogP contribution >= 0.6 is 15.9 Å². The number of esters is 1. The number of halogens is 1. The van der Waals surface area contributed by atoms with E-state index in [2.05, 4.69) is 26.5 Å². The van der Waals surface area contributed by atoms with Crippen molar-refractivity contribution in [3.8, 4) is 11.5 Å². The van der Waals surface area contributed by atoms with Gasteiger partial charge in [0.25, 0.3) is 5.91 Å². The second-order valence-electron chi connectivity index (χ2n) is 6.39. The Kier molecular flexibility index (Phi) is 7.03. The second kappa shape index (κ2) is 9.89. The summed E-state index contributed by atoms with van der Waals surface area (Å²) in [6.07, 6.45) is 2.84. The maximum Gasteiger partial charge on any atom is 0.379 e. The Hall–Kier alpha value is -3.39. The van der Waals surface area contributed by atoms with Gasteiger partial charge in [0.05, 0.1) is 12.5 Å². The standard InChI is InChI=1S/C22H19BrN2O5/c1-14-9-17(23)10-15(2)21(14)29-13-20(26)25-24-12-16-5-3-6-18(11-16)30-22(27)19-7-4-8-28-19/h3-12H,13H2,1-2H3,(H,25,26)/b24-12-. The number of aryl methyl sites for hydroxylation is 2. The number of hydrazone groups is 1. The third-order valence-electron chi connectivity index (χ3n) is 3.97. The summed E-state index contributed by atoms with van der Waals surface area (Å²) in [5, 5.41) is 3.91. The Morgan fingerprint density at radius 3 is 2.60 bits per heavy atom. The molecule has 0 radical (unpaired) electrons. The SMILES string of the molecule is Cc1cc(Br)cc(C)c1OCC(=O)N/N=C\c1cccc(OC(=O)c2ccco2)c1. The first-order chi connectivity index (χ1) is 14.4. The van der Waals surface area contributed by atoms with E-state index in [1.807, 2.05) is 26.0 Å². The van der Waals surface area contributed by atoms with Crippen LogP contribution < -0.4 is 14.9 Å². The lowest BCUT2D eigenvalue weighted by atomic mass is 10.1. The topological polar surface area (TPSA) is 90.1 Å². The molecule has 30 heavy (non-hydrogen) atoms. The van der Waals surface area contributed by atoms with Gasteiger partial charge in [-0.2, -0.15) is 5.10 Å². The molecule has 0 aliphatic rings. The quantitative estimate of drug-likeness (QED) is 0.239. The van der Waals surface area contributed by atoms with Gasteiger partial charge in [0.2, 0.25) is 5.76 Å². The molecule has 7 nitrogen and oxygen atoms in total. The summed E-state index contributed by atoms with van der Waals surface area (Å²) in [6, 6.07) is 13.7. The number of carbonyl (C=O) groups is 2. The molecule has 1 heterocycles. The van der Waals surface area contributed by atoms with Gasteiger partial charge in [0.15, 0.2) is 6.61 Å². The molecule has 0 unspecified atom stereocenters. The number of rotatable bonds is 7. The molecule has 2 aromatic carbocycles. The molecule has 0 saturated carbocycles. The van der Waals surface area contributed by atoms with E-state index in [4.69, 9.17) is 13.9 Å². The average Bonchev–Trinajstić information content (AvgIpc) is 3.22. The average molecular weight is 471 g/mol. The summed E-state index contributed by atoms with van der Waals surface area (Å²) in [6.45, 7) is 3.66. The fraction of sp³-hybridized carbons (Fsp3) is 0.136. The Morgan fingerprint density at radius 1 is 1.13 bits per heavy atom. The summed E-state index contributed by atoms with van der Waals surface area (Å²) in [5.41, 5.74) is 4.91. The van der Waals surface area contributed by atoms with Crippen LogP contribution in [0.1, 0.15) is 27.2 Å². The number of hydrogen-bond donors (Lipinski definition) is 1. The first-order valence-corrected chi connectivity index (χ1v) is 9.79. The van der Waals surface area contributed by atoms with Crippen molar-refractivity contribution < 1.29 is 23.5 Å². The minimum absolute atomic E-state index is 0.109. The summed E-state index contributed by atoms with van der Waals surface area (Å²) < 4.78 is 16.8. The molecule has 0 saturated heterocycles. The Labute approximate surface area is 181 Å². The molecule has 154 valence electrons. The first-order valence-electron chi connectivity index (χ1n) is 8.99. The minimum Gasteiger partial charge on any atom is -0.483 e. The van der Waals surface area contributed by atoms with Crippen molar-refractivity contribution in [3.63, 3.8) is 0 Å².